The zero-order chi connectivity index (χ0) is 14.4. The van der Waals surface area contributed by atoms with Crippen LogP contribution in [-0.4, -0.2) is 30.2 Å². The van der Waals surface area contributed by atoms with Gasteiger partial charge in [-0.15, -0.1) is 11.8 Å². The summed E-state index contributed by atoms with van der Waals surface area (Å²) in [5.74, 6) is 0.750. The topological polar surface area (TPSA) is 20.3 Å². The van der Waals surface area contributed by atoms with Crippen LogP contribution in [0.25, 0.3) is 6.08 Å². The van der Waals surface area contributed by atoms with Crippen molar-refractivity contribution in [1.29, 1.82) is 0 Å². The predicted octanol–water partition coefficient (Wildman–Crippen LogP) is 4.00. The molecule has 20 heavy (non-hydrogen) atoms. The van der Waals surface area contributed by atoms with Gasteiger partial charge < -0.3 is 4.90 Å². The Morgan fingerprint density at radius 3 is 3.05 bits per heavy atom. The first-order valence-electron chi connectivity index (χ1n) is 7.37. The first kappa shape index (κ1) is 15.2. The van der Waals surface area contributed by atoms with Crippen molar-refractivity contribution in [3.05, 3.63) is 35.4 Å². The van der Waals surface area contributed by atoms with Gasteiger partial charge >= 0.3 is 0 Å². The molecule has 0 radical (unpaired) electrons. The lowest BCUT2D eigenvalue weighted by atomic mass is 9.98. The Labute approximate surface area is 126 Å². The van der Waals surface area contributed by atoms with Gasteiger partial charge in [-0.3, -0.25) is 4.79 Å². The van der Waals surface area contributed by atoms with Crippen molar-refractivity contribution < 1.29 is 4.79 Å². The minimum Gasteiger partial charge on any atom is -0.345 e. The third kappa shape index (κ3) is 4.14. The summed E-state index contributed by atoms with van der Waals surface area (Å²) >= 11 is 1.64. The summed E-state index contributed by atoms with van der Waals surface area (Å²) in [5, 5.41) is 0. The summed E-state index contributed by atoms with van der Waals surface area (Å²) in [5.41, 5.74) is 2.73. The number of allylic oxidation sites excluding steroid dienone is 1. The van der Waals surface area contributed by atoms with Gasteiger partial charge in [0.05, 0.1) is 5.75 Å². The largest absolute Gasteiger partial charge is 0.345 e. The minimum absolute atomic E-state index is 0.219. The van der Waals surface area contributed by atoms with Gasteiger partial charge in [0.15, 0.2) is 0 Å². The fraction of sp³-hybridized carbons (Fsp3) is 0.471. The monoisotopic (exact) mass is 289 g/mol. The number of fused-ring (bicyclic) bond motifs is 1. The van der Waals surface area contributed by atoms with Gasteiger partial charge in [-0.25, -0.2) is 0 Å². The summed E-state index contributed by atoms with van der Waals surface area (Å²) in [7, 11) is 1.90. The number of carbonyl (C=O) groups is 1. The maximum atomic E-state index is 12.0. The number of hydrogen-bond donors (Lipinski definition) is 0. The molecule has 1 aromatic rings. The van der Waals surface area contributed by atoms with E-state index in [1.807, 2.05) is 11.9 Å². The summed E-state index contributed by atoms with van der Waals surface area (Å²) in [4.78, 5) is 15.0. The van der Waals surface area contributed by atoms with E-state index in [4.69, 9.17) is 0 Å². The molecule has 0 unspecified atom stereocenters. The number of unbranched alkanes of at least 4 members (excludes halogenated alkanes) is 1. The van der Waals surface area contributed by atoms with E-state index in [-0.39, 0.29) is 5.91 Å². The highest BCUT2D eigenvalue weighted by atomic mass is 32.2. The number of thioether (sulfide) groups is 1. The molecule has 1 amide bonds. The zero-order valence-electron chi connectivity index (χ0n) is 12.4. The Morgan fingerprint density at radius 2 is 2.25 bits per heavy atom. The maximum absolute atomic E-state index is 12.0. The van der Waals surface area contributed by atoms with E-state index in [2.05, 4.69) is 37.3 Å². The summed E-state index contributed by atoms with van der Waals surface area (Å²) in [6, 6.07) is 6.55. The normalized spacial score (nSPS) is 13.1. The molecule has 0 aromatic heterocycles. The molecule has 0 bridgehead atoms. The van der Waals surface area contributed by atoms with Crippen molar-refractivity contribution in [2.45, 2.75) is 37.5 Å². The summed E-state index contributed by atoms with van der Waals surface area (Å²) < 4.78 is 0. The standard InChI is InChI=1S/C17H23NOS/c1-3-4-11-18(2)17(19)13-20-16-10-9-14-7-5-6-8-15(14)12-16/h6,8-10,12H,3-5,7,11,13H2,1-2H3. The fourth-order valence-electron chi connectivity index (χ4n) is 2.27. The van der Waals surface area contributed by atoms with Crippen molar-refractivity contribution in [3.63, 3.8) is 0 Å². The van der Waals surface area contributed by atoms with E-state index < -0.39 is 0 Å². The molecule has 0 fully saturated rings. The van der Waals surface area contributed by atoms with Crippen LogP contribution in [0.3, 0.4) is 0 Å². The number of nitrogens with zero attached hydrogens (tertiary/aromatic N) is 1. The molecule has 0 saturated carbocycles. The summed E-state index contributed by atoms with van der Waals surface area (Å²) in [6.45, 7) is 3.01. The van der Waals surface area contributed by atoms with E-state index in [0.29, 0.717) is 5.75 Å². The van der Waals surface area contributed by atoms with Crippen LogP contribution in [0.15, 0.2) is 29.2 Å². The number of amides is 1. The van der Waals surface area contributed by atoms with Gasteiger partial charge in [-0.1, -0.05) is 31.6 Å². The summed E-state index contributed by atoms with van der Waals surface area (Å²) in [6.07, 6.45) is 8.90. The third-order valence-electron chi connectivity index (χ3n) is 3.63. The Kier molecular flexibility index (Phi) is 5.72. The fourth-order valence-corrected chi connectivity index (χ4v) is 3.16. The number of rotatable bonds is 6. The van der Waals surface area contributed by atoms with Gasteiger partial charge in [0, 0.05) is 18.5 Å². The van der Waals surface area contributed by atoms with Crippen LogP contribution in [0, 0.1) is 0 Å². The number of benzene rings is 1. The molecule has 0 saturated heterocycles. The van der Waals surface area contributed by atoms with Crippen LogP contribution in [0.5, 0.6) is 0 Å². The average molecular weight is 289 g/mol. The molecule has 0 spiro atoms. The molecule has 1 aromatic carbocycles. The molecule has 2 rings (SSSR count). The van der Waals surface area contributed by atoms with Gasteiger partial charge in [-0.2, -0.15) is 0 Å². The number of aryl methyl sites for hydroxylation is 1. The van der Waals surface area contributed by atoms with Crippen molar-refractivity contribution >= 4 is 23.7 Å². The number of carbonyl (C=O) groups excluding carboxylic acids is 1. The lowest BCUT2D eigenvalue weighted by molar-refractivity contribution is -0.127. The van der Waals surface area contributed by atoms with Crippen LogP contribution in [-0.2, 0) is 11.2 Å². The van der Waals surface area contributed by atoms with Gasteiger partial charge in [0.2, 0.25) is 5.91 Å². The van der Waals surface area contributed by atoms with Crippen LogP contribution in [0.1, 0.15) is 37.3 Å². The molecule has 0 atom stereocenters. The second-order valence-corrected chi connectivity index (χ2v) is 6.31. The van der Waals surface area contributed by atoms with E-state index in [1.54, 1.807) is 11.8 Å². The lowest BCUT2D eigenvalue weighted by Gasteiger charge is -2.17. The molecule has 108 valence electrons. The minimum atomic E-state index is 0.219. The molecule has 3 heteroatoms. The quantitative estimate of drug-likeness (QED) is 0.738. The average Bonchev–Trinajstić information content (AvgIpc) is 2.50. The van der Waals surface area contributed by atoms with Gasteiger partial charge in [0.1, 0.15) is 0 Å². The highest BCUT2D eigenvalue weighted by molar-refractivity contribution is 8.00. The van der Waals surface area contributed by atoms with E-state index in [0.717, 1.165) is 32.2 Å². The first-order chi connectivity index (χ1) is 9.70. The van der Waals surface area contributed by atoms with E-state index >= 15 is 0 Å². The van der Waals surface area contributed by atoms with E-state index in [1.165, 1.54) is 16.0 Å². The number of hydrogen-bond acceptors (Lipinski definition) is 2. The maximum Gasteiger partial charge on any atom is 0.232 e. The molecular weight excluding hydrogens is 266 g/mol. The molecule has 0 N–H and O–H groups in total. The molecule has 2 nitrogen and oxygen atoms in total. The van der Waals surface area contributed by atoms with Crippen molar-refractivity contribution in [2.24, 2.45) is 0 Å². The third-order valence-corrected chi connectivity index (χ3v) is 4.61. The highest BCUT2D eigenvalue weighted by Gasteiger charge is 2.10. The van der Waals surface area contributed by atoms with E-state index in [9.17, 15) is 4.79 Å². The van der Waals surface area contributed by atoms with Gasteiger partial charge in [-0.05, 0) is 42.5 Å². The zero-order valence-corrected chi connectivity index (χ0v) is 13.2. The lowest BCUT2D eigenvalue weighted by Crippen LogP contribution is -2.29. The van der Waals surface area contributed by atoms with Crippen molar-refractivity contribution in [2.75, 3.05) is 19.3 Å². The Morgan fingerprint density at radius 1 is 1.40 bits per heavy atom. The molecule has 1 aliphatic carbocycles. The second kappa shape index (κ2) is 7.53. The van der Waals surface area contributed by atoms with Crippen LogP contribution in [0.2, 0.25) is 0 Å². The van der Waals surface area contributed by atoms with Gasteiger partial charge in [0.25, 0.3) is 0 Å². The first-order valence-corrected chi connectivity index (χ1v) is 8.35. The Hall–Kier alpha value is -1.22. The highest BCUT2D eigenvalue weighted by Crippen LogP contribution is 2.26. The Bertz CT molecular complexity index is 496. The molecule has 0 aliphatic heterocycles. The van der Waals surface area contributed by atoms with Crippen molar-refractivity contribution in [1.82, 2.24) is 4.90 Å². The molecular formula is C17H23NOS. The van der Waals surface area contributed by atoms with Crippen LogP contribution in [0.4, 0.5) is 0 Å². The smallest absolute Gasteiger partial charge is 0.232 e. The molecule has 1 aliphatic rings. The molecule has 0 heterocycles. The Balaban J connectivity index is 1.88. The van der Waals surface area contributed by atoms with Crippen LogP contribution >= 0.6 is 11.8 Å². The SMILES string of the molecule is CCCCN(C)C(=O)CSc1ccc2c(c1)C=CCC2. The van der Waals surface area contributed by atoms with Crippen LogP contribution < -0.4 is 0 Å². The second-order valence-electron chi connectivity index (χ2n) is 5.26. The predicted molar refractivity (Wildman–Crippen MR) is 87.1 cm³/mol. The van der Waals surface area contributed by atoms with Crippen molar-refractivity contribution in [3.8, 4) is 0 Å².